The molecule has 1 aromatic rings. The molecule has 2 amide bonds. The van der Waals surface area contributed by atoms with E-state index < -0.39 is 5.54 Å². The lowest BCUT2D eigenvalue weighted by atomic mass is 9.95. The predicted octanol–water partition coefficient (Wildman–Crippen LogP) is 2.40. The van der Waals surface area contributed by atoms with E-state index in [1.165, 1.54) is 12.1 Å². The largest absolute Gasteiger partial charge is 0.357 e. The zero-order chi connectivity index (χ0) is 16.2. The van der Waals surface area contributed by atoms with E-state index in [0.717, 1.165) is 18.4 Å². The lowest BCUT2D eigenvalue weighted by Crippen LogP contribution is -2.56. The van der Waals surface area contributed by atoms with Gasteiger partial charge in [0.25, 0.3) is 0 Å². The fraction of sp³-hybridized carbons (Fsp3) is 0.412. The summed E-state index contributed by atoms with van der Waals surface area (Å²) in [6.45, 7) is 1.69. The van der Waals surface area contributed by atoms with Crippen LogP contribution in [0.25, 0.3) is 6.08 Å². The number of hydrogen-bond acceptors (Lipinski definition) is 2. The standard InChI is InChI=1S/C17H21FN2O2/c1-12(11-13-5-7-14(18)8-6-13)15(21)20-17(16(22)19-2)9-3-4-10-17/h5-8,11H,3-4,9-10H2,1-2H3,(H,19,22)(H,20,21). The number of likely N-dealkylation sites (N-methyl/N-ethyl adjacent to an activating group) is 1. The van der Waals surface area contributed by atoms with Crippen molar-refractivity contribution in [3.05, 3.63) is 41.2 Å². The van der Waals surface area contributed by atoms with Gasteiger partial charge in [-0.15, -0.1) is 0 Å². The summed E-state index contributed by atoms with van der Waals surface area (Å²) < 4.78 is 12.9. The van der Waals surface area contributed by atoms with Crippen LogP contribution in [-0.2, 0) is 9.59 Å². The minimum atomic E-state index is -0.802. The maximum absolute atomic E-state index is 12.9. The third kappa shape index (κ3) is 3.53. The van der Waals surface area contributed by atoms with Gasteiger partial charge in [-0.05, 0) is 43.5 Å². The molecule has 5 heteroatoms. The van der Waals surface area contributed by atoms with E-state index in [2.05, 4.69) is 10.6 Å². The summed E-state index contributed by atoms with van der Waals surface area (Å²) in [5.74, 6) is -0.730. The molecule has 1 aromatic carbocycles. The SMILES string of the molecule is CNC(=O)C1(NC(=O)C(C)=Cc2ccc(F)cc2)CCCC1. The molecule has 0 saturated heterocycles. The van der Waals surface area contributed by atoms with Crippen LogP contribution in [0.1, 0.15) is 38.2 Å². The maximum Gasteiger partial charge on any atom is 0.247 e. The number of halogens is 1. The van der Waals surface area contributed by atoms with Gasteiger partial charge in [-0.2, -0.15) is 0 Å². The Bertz CT molecular complexity index is 587. The first kappa shape index (κ1) is 16.2. The van der Waals surface area contributed by atoms with Gasteiger partial charge in [-0.3, -0.25) is 9.59 Å². The van der Waals surface area contributed by atoms with Crippen molar-refractivity contribution >= 4 is 17.9 Å². The van der Waals surface area contributed by atoms with Crippen molar-refractivity contribution in [2.45, 2.75) is 38.1 Å². The summed E-state index contributed by atoms with van der Waals surface area (Å²) in [6.07, 6.45) is 4.84. The summed E-state index contributed by atoms with van der Waals surface area (Å²) in [4.78, 5) is 24.5. The van der Waals surface area contributed by atoms with Crippen molar-refractivity contribution in [1.29, 1.82) is 0 Å². The fourth-order valence-corrected chi connectivity index (χ4v) is 2.82. The zero-order valence-electron chi connectivity index (χ0n) is 12.9. The second-order valence-electron chi connectivity index (χ2n) is 5.70. The molecule has 0 heterocycles. The Balaban J connectivity index is 2.13. The minimum Gasteiger partial charge on any atom is -0.357 e. The average molecular weight is 304 g/mol. The molecule has 1 aliphatic carbocycles. The molecule has 118 valence electrons. The summed E-state index contributed by atoms with van der Waals surface area (Å²) >= 11 is 0. The highest BCUT2D eigenvalue weighted by Gasteiger charge is 2.41. The number of carbonyl (C=O) groups is 2. The highest BCUT2D eigenvalue weighted by molar-refractivity contribution is 6.01. The molecule has 4 nitrogen and oxygen atoms in total. The van der Waals surface area contributed by atoms with Crippen molar-refractivity contribution in [2.75, 3.05) is 7.05 Å². The van der Waals surface area contributed by atoms with Gasteiger partial charge < -0.3 is 10.6 Å². The summed E-state index contributed by atoms with van der Waals surface area (Å²) in [6, 6.07) is 5.91. The van der Waals surface area contributed by atoms with Gasteiger partial charge in [-0.25, -0.2) is 4.39 Å². The van der Waals surface area contributed by atoms with Gasteiger partial charge in [-0.1, -0.05) is 25.0 Å². The van der Waals surface area contributed by atoms with Crippen molar-refractivity contribution < 1.29 is 14.0 Å². The maximum atomic E-state index is 12.9. The molecule has 0 unspecified atom stereocenters. The topological polar surface area (TPSA) is 58.2 Å². The summed E-state index contributed by atoms with van der Waals surface area (Å²) in [7, 11) is 1.58. The third-order valence-corrected chi connectivity index (χ3v) is 4.08. The van der Waals surface area contributed by atoms with Crippen LogP contribution < -0.4 is 10.6 Å². The highest BCUT2D eigenvalue weighted by Crippen LogP contribution is 2.30. The van der Waals surface area contributed by atoms with Crippen LogP contribution in [0.5, 0.6) is 0 Å². The van der Waals surface area contributed by atoms with E-state index in [4.69, 9.17) is 0 Å². The van der Waals surface area contributed by atoms with Crippen LogP contribution in [0.15, 0.2) is 29.8 Å². The molecule has 2 N–H and O–H groups in total. The normalized spacial score (nSPS) is 17.1. The molecular formula is C17H21FN2O2. The van der Waals surface area contributed by atoms with Crippen molar-refractivity contribution in [3.63, 3.8) is 0 Å². The van der Waals surface area contributed by atoms with Gasteiger partial charge in [0.05, 0.1) is 0 Å². The second-order valence-corrected chi connectivity index (χ2v) is 5.70. The smallest absolute Gasteiger partial charge is 0.247 e. The van der Waals surface area contributed by atoms with Crippen molar-refractivity contribution in [1.82, 2.24) is 10.6 Å². The third-order valence-electron chi connectivity index (χ3n) is 4.08. The molecule has 0 spiro atoms. The van der Waals surface area contributed by atoms with Gasteiger partial charge in [0.1, 0.15) is 11.4 Å². The average Bonchev–Trinajstić information content (AvgIpc) is 2.98. The zero-order valence-corrected chi connectivity index (χ0v) is 12.9. The van der Waals surface area contributed by atoms with Crippen LogP contribution in [0, 0.1) is 5.82 Å². The highest BCUT2D eigenvalue weighted by atomic mass is 19.1. The summed E-state index contributed by atoms with van der Waals surface area (Å²) in [5, 5.41) is 5.51. The van der Waals surface area contributed by atoms with Crippen LogP contribution >= 0.6 is 0 Å². The van der Waals surface area contributed by atoms with E-state index >= 15 is 0 Å². The molecular weight excluding hydrogens is 283 g/mol. The second kappa shape index (κ2) is 6.73. The monoisotopic (exact) mass is 304 g/mol. The number of amides is 2. The number of hydrogen-bond donors (Lipinski definition) is 2. The predicted molar refractivity (Wildman–Crippen MR) is 83.5 cm³/mol. The minimum absolute atomic E-state index is 0.145. The quantitative estimate of drug-likeness (QED) is 0.839. The molecule has 0 aromatic heterocycles. The molecule has 0 atom stereocenters. The van der Waals surface area contributed by atoms with Gasteiger partial charge >= 0.3 is 0 Å². The van der Waals surface area contributed by atoms with E-state index in [1.807, 2.05) is 0 Å². The number of rotatable bonds is 4. The Kier molecular flexibility index (Phi) is 4.96. The Morgan fingerprint density at radius 2 is 1.77 bits per heavy atom. The van der Waals surface area contributed by atoms with Crippen LogP contribution in [0.3, 0.4) is 0 Å². The molecule has 1 aliphatic rings. The first-order chi connectivity index (χ1) is 10.5. The number of carbonyl (C=O) groups excluding carboxylic acids is 2. The van der Waals surface area contributed by atoms with E-state index in [-0.39, 0.29) is 17.6 Å². The lowest BCUT2D eigenvalue weighted by Gasteiger charge is -2.28. The van der Waals surface area contributed by atoms with Gasteiger partial charge in [0.15, 0.2) is 0 Å². The number of nitrogens with one attached hydrogen (secondary N) is 2. The fourth-order valence-electron chi connectivity index (χ4n) is 2.82. The molecule has 0 radical (unpaired) electrons. The summed E-state index contributed by atoms with van der Waals surface area (Å²) in [5.41, 5.74) is 0.431. The molecule has 1 saturated carbocycles. The Morgan fingerprint density at radius 3 is 2.32 bits per heavy atom. The van der Waals surface area contributed by atoms with Crippen LogP contribution in [0.4, 0.5) is 4.39 Å². The van der Waals surface area contributed by atoms with Crippen LogP contribution in [0.2, 0.25) is 0 Å². The molecule has 2 rings (SSSR count). The van der Waals surface area contributed by atoms with E-state index in [1.54, 1.807) is 32.2 Å². The lowest BCUT2D eigenvalue weighted by molar-refractivity contribution is -0.131. The Morgan fingerprint density at radius 1 is 1.18 bits per heavy atom. The van der Waals surface area contributed by atoms with E-state index in [0.29, 0.717) is 18.4 Å². The first-order valence-electron chi connectivity index (χ1n) is 7.45. The molecule has 0 bridgehead atoms. The van der Waals surface area contributed by atoms with Crippen molar-refractivity contribution in [3.8, 4) is 0 Å². The van der Waals surface area contributed by atoms with Gasteiger partial charge in [0.2, 0.25) is 11.8 Å². The Labute approximate surface area is 129 Å². The first-order valence-corrected chi connectivity index (χ1v) is 7.45. The van der Waals surface area contributed by atoms with E-state index in [9.17, 15) is 14.0 Å². The molecule has 0 aliphatic heterocycles. The molecule has 1 fully saturated rings. The van der Waals surface area contributed by atoms with Crippen LogP contribution in [-0.4, -0.2) is 24.4 Å². The van der Waals surface area contributed by atoms with Crippen molar-refractivity contribution in [2.24, 2.45) is 0 Å². The number of benzene rings is 1. The molecule has 22 heavy (non-hydrogen) atoms. The Hall–Kier alpha value is -2.17. The van der Waals surface area contributed by atoms with Gasteiger partial charge in [0, 0.05) is 12.6 Å².